The molecule has 4 N–H and O–H groups in total. The fourth-order valence-corrected chi connectivity index (χ4v) is 1.91. The van der Waals surface area contributed by atoms with Crippen molar-refractivity contribution < 1.29 is 4.39 Å². The van der Waals surface area contributed by atoms with Gasteiger partial charge in [-0.15, -0.1) is 6.58 Å². The van der Waals surface area contributed by atoms with Crippen molar-refractivity contribution in [1.82, 2.24) is 5.43 Å². The van der Waals surface area contributed by atoms with E-state index >= 15 is 0 Å². The number of hydrogen-bond acceptors (Lipinski definition) is 3. The molecule has 3 nitrogen and oxygen atoms in total. The minimum atomic E-state index is -0.191. The van der Waals surface area contributed by atoms with E-state index in [1.807, 2.05) is 13.0 Å². The molecule has 0 aliphatic rings. The molecule has 0 atom stereocenters. The second kappa shape index (κ2) is 7.84. The molecular weight excluding hydrogens is 229 g/mol. The van der Waals surface area contributed by atoms with Gasteiger partial charge in [-0.2, -0.15) is 0 Å². The van der Waals surface area contributed by atoms with Crippen LogP contribution in [0.5, 0.6) is 0 Å². The van der Waals surface area contributed by atoms with Crippen LogP contribution in [0.3, 0.4) is 0 Å². The van der Waals surface area contributed by atoms with Crippen molar-refractivity contribution in [1.29, 1.82) is 0 Å². The van der Waals surface area contributed by atoms with Crippen LogP contribution in [0.4, 0.5) is 10.1 Å². The van der Waals surface area contributed by atoms with Crippen LogP contribution in [0.1, 0.15) is 24.0 Å². The number of benzene rings is 1. The summed E-state index contributed by atoms with van der Waals surface area (Å²) in [6, 6.07) is 3.64. The molecule has 18 heavy (non-hydrogen) atoms. The van der Waals surface area contributed by atoms with Crippen molar-refractivity contribution in [2.45, 2.75) is 26.2 Å². The van der Waals surface area contributed by atoms with Gasteiger partial charge in [0, 0.05) is 13.1 Å². The monoisotopic (exact) mass is 251 g/mol. The van der Waals surface area contributed by atoms with Crippen molar-refractivity contribution >= 4 is 5.69 Å². The van der Waals surface area contributed by atoms with Gasteiger partial charge < -0.3 is 5.32 Å². The van der Waals surface area contributed by atoms with Gasteiger partial charge in [-0.05, 0) is 43.4 Å². The molecule has 0 amide bonds. The average molecular weight is 251 g/mol. The average Bonchev–Trinajstić information content (AvgIpc) is 2.34. The van der Waals surface area contributed by atoms with Crippen LogP contribution in [0.25, 0.3) is 0 Å². The molecule has 1 aromatic rings. The second-order valence-corrected chi connectivity index (χ2v) is 4.35. The summed E-state index contributed by atoms with van der Waals surface area (Å²) in [5.74, 6) is 5.01. The molecule has 0 bridgehead atoms. The molecule has 0 aromatic heterocycles. The van der Waals surface area contributed by atoms with Crippen LogP contribution in [-0.2, 0) is 6.42 Å². The highest BCUT2D eigenvalue weighted by Crippen LogP contribution is 2.22. The van der Waals surface area contributed by atoms with Gasteiger partial charge in [0.1, 0.15) is 5.82 Å². The standard InChI is InChI=1S/C14H22FN3/c1-3-7-17-14-11(2)9-12(10-13(14)15)6-4-5-8-18-16/h3,9-10,17-18H,1,4-8,16H2,2H3. The lowest BCUT2D eigenvalue weighted by Crippen LogP contribution is -2.22. The van der Waals surface area contributed by atoms with Crippen molar-refractivity contribution in [2.75, 3.05) is 18.4 Å². The SMILES string of the molecule is C=CCNc1c(C)cc(CCCCNN)cc1F. The molecule has 0 heterocycles. The molecule has 1 aromatic carbocycles. The van der Waals surface area contributed by atoms with E-state index in [0.717, 1.165) is 36.9 Å². The summed E-state index contributed by atoms with van der Waals surface area (Å²) in [4.78, 5) is 0. The molecule has 1 rings (SSSR count). The van der Waals surface area contributed by atoms with Crippen molar-refractivity contribution in [3.8, 4) is 0 Å². The summed E-state index contributed by atoms with van der Waals surface area (Å²) in [7, 11) is 0. The Hall–Kier alpha value is -1.39. The number of anilines is 1. The predicted octanol–water partition coefficient (Wildman–Crippen LogP) is 2.52. The number of unbranched alkanes of at least 4 members (excludes halogenated alkanes) is 1. The van der Waals surface area contributed by atoms with Gasteiger partial charge in [-0.25, -0.2) is 4.39 Å². The van der Waals surface area contributed by atoms with E-state index < -0.39 is 0 Å². The summed E-state index contributed by atoms with van der Waals surface area (Å²) in [5.41, 5.74) is 5.15. The molecular formula is C14H22FN3. The van der Waals surface area contributed by atoms with Gasteiger partial charge in [0.15, 0.2) is 0 Å². The number of hydrazine groups is 1. The Labute approximate surface area is 108 Å². The van der Waals surface area contributed by atoms with Gasteiger partial charge in [0.25, 0.3) is 0 Å². The normalized spacial score (nSPS) is 10.4. The third-order valence-electron chi connectivity index (χ3n) is 2.81. The maximum atomic E-state index is 13.9. The quantitative estimate of drug-likeness (QED) is 0.288. The molecule has 0 saturated carbocycles. The Morgan fingerprint density at radius 3 is 2.78 bits per heavy atom. The number of rotatable bonds is 8. The van der Waals surface area contributed by atoms with Gasteiger partial charge in [-0.1, -0.05) is 12.1 Å². The topological polar surface area (TPSA) is 50.1 Å². The Kier molecular flexibility index (Phi) is 6.39. The lowest BCUT2D eigenvalue weighted by atomic mass is 10.0. The van der Waals surface area contributed by atoms with Crippen LogP contribution in [0.15, 0.2) is 24.8 Å². The van der Waals surface area contributed by atoms with E-state index in [-0.39, 0.29) is 5.82 Å². The molecule has 0 radical (unpaired) electrons. The summed E-state index contributed by atoms with van der Waals surface area (Å²) < 4.78 is 13.9. The zero-order valence-corrected chi connectivity index (χ0v) is 10.9. The van der Waals surface area contributed by atoms with E-state index in [1.165, 1.54) is 0 Å². The minimum Gasteiger partial charge on any atom is -0.379 e. The largest absolute Gasteiger partial charge is 0.379 e. The van der Waals surface area contributed by atoms with Gasteiger partial charge in [-0.3, -0.25) is 11.3 Å². The second-order valence-electron chi connectivity index (χ2n) is 4.35. The molecule has 4 heteroatoms. The number of aryl methyl sites for hydroxylation is 2. The fraction of sp³-hybridized carbons (Fsp3) is 0.429. The van der Waals surface area contributed by atoms with Crippen molar-refractivity contribution in [2.24, 2.45) is 5.84 Å². The molecule has 100 valence electrons. The van der Waals surface area contributed by atoms with Crippen LogP contribution in [0, 0.1) is 12.7 Å². The third-order valence-corrected chi connectivity index (χ3v) is 2.81. The molecule has 0 unspecified atom stereocenters. The zero-order chi connectivity index (χ0) is 13.4. The van der Waals surface area contributed by atoms with E-state index in [1.54, 1.807) is 12.1 Å². The summed E-state index contributed by atoms with van der Waals surface area (Å²) >= 11 is 0. The van der Waals surface area contributed by atoms with Crippen molar-refractivity contribution in [3.63, 3.8) is 0 Å². The first-order valence-corrected chi connectivity index (χ1v) is 6.26. The molecule has 0 aliphatic heterocycles. The minimum absolute atomic E-state index is 0.191. The Morgan fingerprint density at radius 2 is 2.17 bits per heavy atom. The van der Waals surface area contributed by atoms with Crippen molar-refractivity contribution in [3.05, 3.63) is 41.7 Å². The Bertz CT molecular complexity index is 368. The first-order valence-electron chi connectivity index (χ1n) is 6.26. The Balaban J connectivity index is 2.64. The van der Waals surface area contributed by atoms with Gasteiger partial charge in [0.2, 0.25) is 0 Å². The highest BCUT2D eigenvalue weighted by Gasteiger charge is 2.07. The third kappa shape index (κ3) is 4.47. The molecule has 0 saturated heterocycles. The Morgan fingerprint density at radius 1 is 1.39 bits per heavy atom. The fourth-order valence-electron chi connectivity index (χ4n) is 1.91. The maximum Gasteiger partial charge on any atom is 0.146 e. The predicted molar refractivity (Wildman–Crippen MR) is 75.0 cm³/mol. The van der Waals surface area contributed by atoms with Crippen LogP contribution in [0.2, 0.25) is 0 Å². The van der Waals surface area contributed by atoms with E-state index in [2.05, 4.69) is 17.3 Å². The highest BCUT2D eigenvalue weighted by atomic mass is 19.1. The number of nitrogens with two attached hydrogens (primary N) is 1. The van der Waals surface area contributed by atoms with Crippen LogP contribution in [-0.4, -0.2) is 13.1 Å². The van der Waals surface area contributed by atoms with E-state index in [9.17, 15) is 4.39 Å². The lowest BCUT2D eigenvalue weighted by Gasteiger charge is -2.11. The molecule has 0 fully saturated rings. The smallest absolute Gasteiger partial charge is 0.146 e. The first-order chi connectivity index (χ1) is 8.69. The number of nitrogens with one attached hydrogen (secondary N) is 2. The maximum absolute atomic E-state index is 13.9. The van der Waals surface area contributed by atoms with Gasteiger partial charge >= 0.3 is 0 Å². The highest BCUT2D eigenvalue weighted by molar-refractivity contribution is 5.53. The number of hydrogen-bond donors (Lipinski definition) is 3. The summed E-state index contributed by atoms with van der Waals surface area (Å²) in [5, 5.41) is 3.01. The van der Waals surface area contributed by atoms with E-state index in [4.69, 9.17) is 5.84 Å². The summed E-state index contributed by atoms with van der Waals surface area (Å²) in [6.45, 7) is 6.89. The molecule has 0 spiro atoms. The number of halogens is 1. The van der Waals surface area contributed by atoms with Crippen LogP contribution >= 0.6 is 0 Å². The zero-order valence-electron chi connectivity index (χ0n) is 10.9. The van der Waals surface area contributed by atoms with Gasteiger partial charge in [0.05, 0.1) is 5.69 Å². The van der Waals surface area contributed by atoms with Crippen LogP contribution < -0.4 is 16.6 Å². The summed E-state index contributed by atoms with van der Waals surface area (Å²) in [6.07, 6.45) is 4.59. The first kappa shape index (κ1) is 14.7. The molecule has 0 aliphatic carbocycles. The lowest BCUT2D eigenvalue weighted by molar-refractivity contribution is 0.620. The van der Waals surface area contributed by atoms with E-state index in [0.29, 0.717) is 12.2 Å².